The highest BCUT2D eigenvalue weighted by molar-refractivity contribution is 5.82. The van der Waals surface area contributed by atoms with Gasteiger partial charge < -0.3 is 15.5 Å². The third kappa shape index (κ3) is 2.83. The van der Waals surface area contributed by atoms with Crippen LogP contribution in [-0.4, -0.2) is 40.8 Å². The lowest BCUT2D eigenvalue weighted by Crippen LogP contribution is -2.22. The Morgan fingerprint density at radius 3 is 2.76 bits per heavy atom. The summed E-state index contributed by atoms with van der Waals surface area (Å²) in [6, 6.07) is 3.98. The zero-order valence-corrected chi connectivity index (χ0v) is 12.9. The van der Waals surface area contributed by atoms with Gasteiger partial charge in [0.15, 0.2) is 0 Å². The molecule has 0 atom stereocenters. The van der Waals surface area contributed by atoms with Crippen molar-refractivity contribution in [3.8, 4) is 5.75 Å². The molecule has 21 heavy (non-hydrogen) atoms. The van der Waals surface area contributed by atoms with Crippen LogP contribution in [0.25, 0.3) is 11.0 Å². The van der Waals surface area contributed by atoms with E-state index in [1.54, 1.807) is 4.68 Å². The van der Waals surface area contributed by atoms with Gasteiger partial charge in [-0.05, 0) is 58.3 Å². The van der Waals surface area contributed by atoms with Gasteiger partial charge in [0.05, 0.1) is 17.6 Å². The Bertz CT molecular complexity index is 629. The van der Waals surface area contributed by atoms with Crippen molar-refractivity contribution in [3.05, 3.63) is 23.5 Å². The van der Waals surface area contributed by atoms with Gasteiger partial charge in [0.1, 0.15) is 11.6 Å². The molecule has 1 aliphatic rings. The summed E-state index contributed by atoms with van der Waals surface area (Å²) in [5.41, 5.74) is 2.96. The molecule has 2 N–H and O–H groups in total. The molecule has 1 fully saturated rings. The van der Waals surface area contributed by atoms with Crippen LogP contribution in [0.2, 0.25) is 0 Å². The summed E-state index contributed by atoms with van der Waals surface area (Å²) >= 11 is 0. The molecule has 0 radical (unpaired) electrons. The van der Waals surface area contributed by atoms with Crippen LogP contribution in [0.5, 0.6) is 5.75 Å². The Morgan fingerprint density at radius 2 is 2.00 bits per heavy atom. The van der Waals surface area contributed by atoms with Gasteiger partial charge in [0.2, 0.25) is 0 Å². The predicted molar refractivity (Wildman–Crippen MR) is 85.1 cm³/mol. The molecule has 1 saturated heterocycles. The number of aromatic nitrogens is 2. The Hall–Kier alpha value is -1.75. The van der Waals surface area contributed by atoms with Gasteiger partial charge in [-0.1, -0.05) is 0 Å². The highest BCUT2D eigenvalue weighted by atomic mass is 16.5. The average Bonchev–Trinajstić information content (AvgIpc) is 3.08. The van der Waals surface area contributed by atoms with Crippen molar-refractivity contribution in [1.82, 2.24) is 14.6 Å². The summed E-state index contributed by atoms with van der Waals surface area (Å²) in [4.78, 5) is 7.03. The molecule has 1 aliphatic heterocycles. The molecule has 0 saturated carbocycles. The number of rotatable bonds is 5. The number of ether oxygens (including phenoxy) is 1. The fourth-order valence-corrected chi connectivity index (χ4v) is 3.03. The molecule has 5 heteroatoms. The molecular formula is C16H24N4O. The second-order valence-corrected chi connectivity index (χ2v) is 5.84. The molecule has 0 aliphatic carbocycles. The van der Waals surface area contributed by atoms with E-state index in [1.807, 2.05) is 26.0 Å². The zero-order valence-electron chi connectivity index (χ0n) is 12.9. The maximum Gasteiger partial charge on any atom is 0.125 e. The van der Waals surface area contributed by atoms with Gasteiger partial charge in [-0.15, -0.1) is 0 Å². The van der Waals surface area contributed by atoms with Gasteiger partial charge in [0, 0.05) is 12.1 Å². The van der Waals surface area contributed by atoms with Gasteiger partial charge in [-0.25, -0.2) is 9.66 Å². The molecule has 5 nitrogen and oxygen atoms in total. The fraction of sp³-hybridized carbons (Fsp3) is 0.562. The number of nitrogens with zero attached hydrogens (tertiary/aromatic N) is 3. The SMILES string of the molecule is Cc1c(OCCCN2CCCC2)ccc2c1nc(C)n2N. The first-order valence-electron chi connectivity index (χ1n) is 7.75. The van der Waals surface area contributed by atoms with Crippen LogP contribution in [0.4, 0.5) is 0 Å². The van der Waals surface area contributed by atoms with Crippen molar-refractivity contribution in [3.63, 3.8) is 0 Å². The minimum absolute atomic E-state index is 0.755. The van der Waals surface area contributed by atoms with Gasteiger partial charge in [0.25, 0.3) is 0 Å². The normalized spacial score (nSPS) is 15.9. The van der Waals surface area contributed by atoms with Crippen molar-refractivity contribution in [2.45, 2.75) is 33.1 Å². The molecule has 2 heterocycles. The van der Waals surface area contributed by atoms with Gasteiger partial charge in [-0.3, -0.25) is 0 Å². The summed E-state index contributed by atoms with van der Waals surface area (Å²) in [6.45, 7) is 8.35. The number of imidazole rings is 1. The van der Waals surface area contributed by atoms with E-state index in [1.165, 1.54) is 25.9 Å². The highest BCUT2D eigenvalue weighted by Gasteiger charge is 2.12. The van der Waals surface area contributed by atoms with Crippen molar-refractivity contribution >= 4 is 11.0 Å². The van der Waals surface area contributed by atoms with E-state index in [0.717, 1.165) is 47.7 Å². The molecule has 114 valence electrons. The molecule has 1 aromatic heterocycles. The van der Waals surface area contributed by atoms with Crippen molar-refractivity contribution in [2.24, 2.45) is 0 Å². The summed E-state index contributed by atoms with van der Waals surface area (Å²) in [6.07, 6.45) is 3.76. The van der Waals surface area contributed by atoms with Gasteiger partial charge >= 0.3 is 0 Å². The number of likely N-dealkylation sites (tertiary alicyclic amines) is 1. The largest absolute Gasteiger partial charge is 0.493 e. The third-order valence-electron chi connectivity index (χ3n) is 4.32. The standard InChI is InChI=1S/C16H24N4O/c1-12-15(21-11-5-10-19-8-3-4-9-19)7-6-14-16(12)18-13(2)20(14)17/h6-7H,3-5,8-11,17H2,1-2H3. The minimum Gasteiger partial charge on any atom is -0.493 e. The monoisotopic (exact) mass is 288 g/mol. The molecule has 2 aromatic rings. The summed E-state index contributed by atoms with van der Waals surface area (Å²) in [5, 5.41) is 0. The first kappa shape index (κ1) is 14.2. The predicted octanol–water partition coefficient (Wildman–Crippen LogP) is 2.23. The number of nitrogen functional groups attached to an aromatic ring is 1. The van der Waals surface area contributed by atoms with Crippen LogP contribution in [0.3, 0.4) is 0 Å². The molecule has 0 bridgehead atoms. The van der Waals surface area contributed by atoms with E-state index in [4.69, 9.17) is 10.6 Å². The quantitative estimate of drug-likeness (QED) is 0.677. The topological polar surface area (TPSA) is 56.3 Å². The second kappa shape index (κ2) is 5.93. The van der Waals surface area contributed by atoms with E-state index in [-0.39, 0.29) is 0 Å². The Morgan fingerprint density at radius 1 is 1.24 bits per heavy atom. The average molecular weight is 288 g/mol. The maximum absolute atomic E-state index is 5.96. The molecule has 0 spiro atoms. The molecule has 1 aromatic carbocycles. The summed E-state index contributed by atoms with van der Waals surface area (Å²) in [7, 11) is 0. The number of nitrogens with two attached hydrogens (primary N) is 1. The molecule has 0 amide bonds. The fourth-order valence-electron chi connectivity index (χ4n) is 3.03. The van der Waals surface area contributed by atoms with E-state index in [2.05, 4.69) is 9.88 Å². The van der Waals surface area contributed by atoms with Crippen molar-refractivity contribution in [2.75, 3.05) is 32.1 Å². The van der Waals surface area contributed by atoms with Crippen LogP contribution in [0.15, 0.2) is 12.1 Å². The van der Waals surface area contributed by atoms with E-state index < -0.39 is 0 Å². The first-order valence-corrected chi connectivity index (χ1v) is 7.75. The van der Waals surface area contributed by atoms with Crippen LogP contribution >= 0.6 is 0 Å². The van der Waals surface area contributed by atoms with Crippen molar-refractivity contribution in [1.29, 1.82) is 0 Å². The Balaban J connectivity index is 1.62. The highest BCUT2D eigenvalue weighted by Crippen LogP contribution is 2.26. The van der Waals surface area contributed by atoms with E-state index in [0.29, 0.717) is 0 Å². The number of fused-ring (bicyclic) bond motifs is 1. The van der Waals surface area contributed by atoms with Crippen molar-refractivity contribution < 1.29 is 4.74 Å². The van der Waals surface area contributed by atoms with E-state index >= 15 is 0 Å². The molecular weight excluding hydrogens is 264 g/mol. The van der Waals surface area contributed by atoms with Crippen LogP contribution in [0, 0.1) is 13.8 Å². The Kier molecular flexibility index (Phi) is 4.01. The zero-order chi connectivity index (χ0) is 14.8. The number of aryl methyl sites for hydroxylation is 2. The Labute approximate surface area is 125 Å². The smallest absolute Gasteiger partial charge is 0.125 e. The van der Waals surface area contributed by atoms with Gasteiger partial charge in [-0.2, -0.15) is 0 Å². The number of hydrogen-bond donors (Lipinski definition) is 1. The lowest BCUT2D eigenvalue weighted by Gasteiger charge is -2.15. The molecule has 0 unspecified atom stereocenters. The summed E-state index contributed by atoms with van der Waals surface area (Å²) in [5.74, 6) is 7.69. The minimum atomic E-state index is 0.755. The van der Waals surface area contributed by atoms with Crippen LogP contribution < -0.4 is 10.6 Å². The lowest BCUT2D eigenvalue weighted by molar-refractivity contribution is 0.262. The number of benzene rings is 1. The lowest BCUT2D eigenvalue weighted by atomic mass is 10.2. The summed E-state index contributed by atoms with van der Waals surface area (Å²) < 4.78 is 7.56. The second-order valence-electron chi connectivity index (χ2n) is 5.84. The van der Waals surface area contributed by atoms with Crippen LogP contribution in [0.1, 0.15) is 30.7 Å². The third-order valence-corrected chi connectivity index (χ3v) is 4.32. The number of hydrogen-bond acceptors (Lipinski definition) is 4. The molecule has 3 rings (SSSR count). The first-order chi connectivity index (χ1) is 10.2. The maximum atomic E-state index is 5.96. The van der Waals surface area contributed by atoms with E-state index in [9.17, 15) is 0 Å². The van der Waals surface area contributed by atoms with Crippen LogP contribution in [-0.2, 0) is 0 Å².